The van der Waals surface area contributed by atoms with Gasteiger partial charge in [0.1, 0.15) is 0 Å². The lowest BCUT2D eigenvalue weighted by Gasteiger charge is -2.48. The number of piperidine rings is 1. The van der Waals surface area contributed by atoms with Crippen molar-refractivity contribution in [2.75, 3.05) is 40.3 Å². The Morgan fingerprint density at radius 1 is 1.25 bits per heavy atom. The highest BCUT2D eigenvalue weighted by atomic mass is 16.4. The Morgan fingerprint density at radius 2 is 1.81 bits per heavy atom. The van der Waals surface area contributed by atoms with Crippen molar-refractivity contribution < 1.29 is 9.90 Å². The second-order valence-corrected chi connectivity index (χ2v) is 5.07. The first-order chi connectivity index (χ1) is 7.58. The Hall–Kier alpha value is -0.810. The average Bonchev–Trinajstić information content (AvgIpc) is 2.15. The van der Waals surface area contributed by atoms with Crippen LogP contribution in [0.1, 0.15) is 12.8 Å². The van der Waals surface area contributed by atoms with Gasteiger partial charge in [-0.25, -0.2) is 4.79 Å². The highest BCUT2D eigenvalue weighted by Crippen LogP contribution is 2.23. The average molecular weight is 227 g/mol. The fraction of sp³-hybridized carbons (Fsp3) is 0.909. The van der Waals surface area contributed by atoms with Crippen LogP contribution in [-0.4, -0.2) is 78.3 Å². The lowest BCUT2D eigenvalue weighted by molar-refractivity contribution is 0.00430. The van der Waals surface area contributed by atoms with E-state index in [-0.39, 0.29) is 0 Å². The van der Waals surface area contributed by atoms with Crippen molar-refractivity contribution in [1.29, 1.82) is 0 Å². The van der Waals surface area contributed by atoms with Crippen LogP contribution in [0, 0.1) is 0 Å². The number of rotatable bonds is 2. The lowest BCUT2D eigenvalue weighted by atomic mass is 9.97. The third kappa shape index (κ3) is 2.30. The summed E-state index contributed by atoms with van der Waals surface area (Å²) in [7, 11) is 4.24. The molecule has 2 aliphatic rings. The molecule has 0 bridgehead atoms. The van der Waals surface area contributed by atoms with E-state index in [1.54, 1.807) is 0 Å². The van der Waals surface area contributed by atoms with Crippen molar-refractivity contribution in [2.45, 2.75) is 24.9 Å². The predicted octanol–water partition coefficient (Wildman–Crippen LogP) is 0.375. The summed E-state index contributed by atoms with van der Waals surface area (Å²) >= 11 is 0. The minimum absolute atomic E-state index is 0.604. The maximum absolute atomic E-state index is 10.8. The van der Waals surface area contributed by atoms with Crippen LogP contribution in [0.4, 0.5) is 4.79 Å². The maximum atomic E-state index is 10.8. The van der Waals surface area contributed by atoms with E-state index >= 15 is 0 Å². The summed E-state index contributed by atoms with van der Waals surface area (Å²) in [6, 6.07) is 1.30. The van der Waals surface area contributed by atoms with E-state index in [1.807, 2.05) is 0 Å². The molecule has 5 nitrogen and oxygen atoms in total. The van der Waals surface area contributed by atoms with Gasteiger partial charge in [-0.2, -0.15) is 0 Å². The third-order valence-electron chi connectivity index (χ3n) is 3.87. The van der Waals surface area contributed by atoms with Crippen LogP contribution in [0.2, 0.25) is 0 Å². The smallest absolute Gasteiger partial charge is 0.407 e. The fourth-order valence-electron chi connectivity index (χ4n) is 2.53. The molecule has 0 aromatic carbocycles. The molecule has 0 aromatic heterocycles. The molecule has 2 fully saturated rings. The van der Waals surface area contributed by atoms with Gasteiger partial charge < -0.3 is 14.9 Å². The molecule has 5 heteroatoms. The molecule has 0 aromatic rings. The number of amides is 1. The highest BCUT2D eigenvalue weighted by Gasteiger charge is 2.35. The van der Waals surface area contributed by atoms with Gasteiger partial charge in [0.2, 0.25) is 0 Å². The van der Waals surface area contributed by atoms with Gasteiger partial charge >= 0.3 is 6.09 Å². The van der Waals surface area contributed by atoms with Gasteiger partial charge in [0.15, 0.2) is 0 Å². The zero-order valence-corrected chi connectivity index (χ0v) is 10.1. The van der Waals surface area contributed by atoms with Crippen LogP contribution in [0.15, 0.2) is 0 Å². The van der Waals surface area contributed by atoms with E-state index in [9.17, 15) is 4.79 Å². The Bertz CT molecular complexity index is 256. The highest BCUT2D eigenvalue weighted by molar-refractivity contribution is 5.65. The topological polar surface area (TPSA) is 47.0 Å². The summed E-state index contributed by atoms with van der Waals surface area (Å²) in [5, 5.41) is 8.85. The minimum Gasteiger partial charge on any atom is -0.465 e. The molecule has 1 amide bonds. The number of likely N-dealkylation sites (tertiary alicyclic amines) is 2. The minimum atomic E-state index is -0.770. The van der Waals surface area contributed by atoms with Crippen molar-refractivity contribution in [1.82, 2.24) is 14.7 Å². The summed E-state index contributed by atoms with van der Waals surface area (Å²) in [6.07, 6.45) is 1.21. The van der Waals surface area contributed by atoms with E-state index in [2.05, 4.69) is 23.9 Å². The summed E-state index contributed by atoms with van der Waals surface area (Å²) < 4.78 is 0. The van der Waals surface area contributed by atoms with Gasteiger partial charge in [0, 0.05) is 38.3 Å². The third-order valence-corrected chi connectivity index (χ3v) is 3.87. The molecular weight excluding hydrogens is 206 g/mol. The van der Waals surface area contributed by atoms with Crippen LogP contribution < -0.4 is 0 Å². The number of hydrogen-bond donors (Lipinski definition) is 1. The van der Waals surface area contributed by atoms with Gasteiger partial charge in [-0.15, -0.1) is 0 Å². The molecule has 1 N–H and O–H groups in total. The second-order valence-electron chi connectivity index (χ2n) is 5.07. The van der Waals surface area contributed by atoms with Gasteiger partial charge in [-0.05, 0) is 26.9 Å². The van der Waals surface area contributed by atoms with Crippen molar-refractivity contribution >= 4 is 6.09 Å². The summed E-state index contributed by atoms with van der Waals surface area (Å²) in [5.74, 6) is 0. The maximum Gasteiger partial charge on any atom is 0.407 e. The molecule has 0 radical (unpaired) electrons. The Balaban J connectivity index is 1.73. The molecular formula is C11H21N3O2. The number of carboxylic acid groups (broad SMARTS) is 1. The number of likely N-dealkylation sites (N-methyl/N-ethyl adjacent to an activating group) is 1. The van der Waals surface area contributed by atoms with Crippen LogP contribution >= 0.6 is 0 Å². The van der Waals surface area contributed by atoms with E-state index in [1.165, 1.54) is 4.90 Å². The zero-order chi connectivity index (χ0) is 11.7. The Labute approximate surface area is 96.6 Å². The lowest BCUT2D eigenvalue weighted by Crippen LogP contribution is -2.62. The van der Waals surface area contributed by atoms with Crippen LogP contribution in [0.5, 0.6) is 0 Å². The number of carbonyl (C=O) groups is 1. The molecule has 2 rings (SSSR count). The van der Waals surface area contributed by atoms with E-state index in [0.717, 1.165) is 25.9 Å². The molecule has 2 aliphatic heterocycles. The number of nitrogens with zero attached hydrogens (tertiary/aromatic N) is 3. The monoisotopic (exact) mass is 227 g/mol. The van der Waals surface area contributed by atoms with Gasteiger partial charge in [-0.3, -0.25) is 4.90 Å². The van der Waals surface area contributed by atoms with Gasteiger partial charge in [0.25, 0.3) is 0 Å². The molecule has 2 heterocycles. The van der Waals surface area contributed by atoms with Crippen LogP contribution in [0.3, 0.4) is 0 Å². The fourth-order valence-corrected chi connectivity index (χ4v) is 2.53. The first kappa shape index (κ1) is 11.7. The second kappa shape index (κ2) is 4.59. The largest absolute Gasteiger partial charge is 0.465 e. The molecule has 92 valence electrons. The first-order valence-corrected chi connectivity index (χ1v) is 5.96. The molecule has 0 spiro atoms. The van der Waals surface area contributed by atoms with E-state index < -0.39 is 6.09 Å². The predicted molar refractivity (Wildman–Crippen MR) is 61.7 cm³/mol. The zero-order valence-electron chi connectivity index (χ0n) is 10.1. The first-order valence-electron chi connectivity index (χ1n) is 5.96. The molecule has 0 saturated carbocycles. The quantitative estimate of drug-likeness (QED) is 0.740. The molecule has 0 aliphatic carbocycles. The van der Waals surface area contributed by atoms with Crippen molar-refractivity contribution in [3.05, 3.63) is 0 Å². The SMILES string of the molecule is CN(C)C1CN(C2CCN(C(=O)O)CC2)C1. The van der Waals surface area contributed by atoms with Crippen molar-refractivity contribution in [2.24, 2.45) is 0 Å². The van der Waals surface area contributed by atoms with Crippen molar-refractivity contribution in [3.63, 3.8) is 0 Å². The van der Waals surface area contributed by atoms with Gasteiger partial charge in [-0.1, -0.05) is 0 Å². The summed E-state index contributed by atoms with van der Waals surface area (Å²) in [4.78, 5) is 17.0. The molecule has 0 atom stereocenters. The summed E-state index contributed by atoms with van der Waals surface area (Å²) in [5.41, 5.74) is 0. The van der Waals surface area contributed by atoms with Crippen molar-refractivity contribution in [3.8, 4) is 0 Å². The van der Waals surface area contributed by atoms with Crippen LogP contribution in [0.25, 0.3) is 0 Å². The van der Waals surface area contributed by atoms with E-state index in [4.69, 9.17) is 5.11 Å². The Morgan fingerprint density at radius 3 is 2.25 bits per heavy atom. The standard InChI is InChI=1S/C11H21N3O2/c1-12(2)10-7-14(8-10)9-3-5-13(6-4-9)11(15)16/h9-10H,3-8H2,1-2H3,(H,15,16). The number of hydrogen-bond acceptors (Lipinski definition) is 3. The Kier molecular flexibility index (Phi) is 3.35. The van der Waals surface area contributed by atoms with Gasteiger partial charge in [0.05, 0.1) is 0 Å². The molecule has 2 saturated heterocycles. The van der Waals surface area contributed by atoms with E-state index in [0.29, 0.717) is 25.2 Å². The summed E-state index contributed by atoms with van der Waals surface area (Å²) in [6.45, 7) is 3.68. The van der Waals surface area contributed by atoms with Crippen LogP contribution in [-0.2, 0) is 0 Å². The molecule has 0 unspecified atom stereocenters. The normalized spacial score (nSPS) is 24.8. The molecule has 16 heavy (non-hydrogen) atoms.